The quantitative estimate of drug-likeness (QED) is 0.877. The molecule has 0 aromatic heterocycles. The third kappa shape index (κ3) is 4.57. The van der Waals surface area contributed by atoms with E-state index in [9.17, 15) is 9.59 Å². The summed E-state index contributed by atoms with van der Waals surface area (Å²) in [7, 11) is 0. The van der Waals surface area contributed by atoms with Gasteiger partial charge in [-0.15, -0.1) is 0 Å². The molecule has 0 aliphatic rings. The van der Waals surface area contributed by atoms with Crippen molar-refractivity contribution in [3.8, 4) is 0 Å². The molecule has 0 fully saturated rings. The molecule has 0 radical (unpaired) electrons. The van der Waals surface area contributed by atoms with E-state index in [-0.39, 0.29) is 17.7 Å². The molecule has 1 atom stereocenters. The van der Waals surface area contributed by atoms with Gasteiger partial charge in [0, 0.05) is 5.69 Å². The highest BCUT2D eigenvalue weighted by atomic mass is 35.5. The Morgan fingerprint density at radius 1 is 0.957 bits per heavy atom. The Balaban J connectivity index is 2.11. The lowest BCUT2D eigenvalue weighted by molar-refractivity contribution is -0.118. The molecule has 2 aromatic carbocycles. The number of hydrogen-bond donors (Lipinski definition) is 2. The topological polar surface area (TPSA) is 58.2 Å². The van der Waals surface area contributed by atoms with Gasteiger partial charge in [-0.2, -0.15) is 0 Å². The molecule has 0 heterocycles. The Morgan fingerprint density at radius 3 is 2.17 bits per heavy atom. The van der Waals surface area contributed by atoms with Crippen molar-refractivity contribution in [3.63, 3.8) is 0 Å². The second kappa shape index (κ2) is 7.79. The molecule has 0 saturated carbocycles. The second-order valence-electron chi connectivity index (χ2n) is 5.53. The van der Waals surface area contributed by atoms with Gasteiger partial charge >= 0.3 is 0 Å². The van der Waals surface area contributed by atoms with Gasteiger partial charge in [-0.3, -0.25) is 9.59 Å². The predicted molar refractivity (Wildman–Crippen MR) is 92.6 cm³/mol. The molecular weight excluding hydrogens is 312 g/mol. The third-order valence-electron chi connectivity index (χ3n) is 3.40. The average molecular weight is 331 g/mol. The maximum Gasteiger partial charge on any atom is 0.253 e. The van der Waals surface area contributed by atoms with Crippen LogP contribution in [0.2, 0.25) is 5.02 Å². The van der Waals surface area contributed by atoms with Gasteiger partial charge in [-0.25, -0.2) is 0 Å². The zero-order chi connectivity index (χ0) is 16.8. The van der Waals surface area contributed by atoms with Gasteiger partial charge in [0.15, 0.2) is 0 Å². The van der Waals surface area contributed by atoms with Crippen LogP contribution in [0.4, 0.5) is 5.69 Å². The summed E-state index contributed by atoms with van der Waals surface area (Å²) in [4.78, 5) is 24.8. The van der Waals surface area contributed by atoms with Crippen LogP contribution in [0.3, 0.4) is 0 Å². The van der Waals surface area contributed by atoms with E-state index in [1.807, 2.05) is 32.0 Å². The van der Waals surface area contributed by atoms with Gasteiger partial charge in [0.2, 0.25) is 5.91 Å². The maximum atomic E-state index is 12.4. The molecule has 0 aliphatic carbocycles. The number of halogens is 1. The third-order valence-corrected chi connectivity index (χ3v) is 3.73. The van der Waals surface area contributed by atoms with Crippen LogP contribution < -0.4 is 10.6 Å². The molecule has 2 N–H and O–H groups in total. The minimum atomic E-state index is -0.654. The number of benzene rings is 2. The van der Waals surface area contributed by atoms with Crippen molar-refractivity contribution in [2.75, 3.05) is 5.32 Å². The van der Waals surface area contributed by atoms with Crippen LogP contribution in [0.1, 0.15) is 24.2 Å². The van der Waals surface area contributed by atoms with Crippen molar-refractivity contribution in [3.05, 3.63) is 65.2 Å². The fraction of sp³-hybridized carbons (Fsp3) is 0.222. The highest BCUT2D eigenvalue weighted by molar-refractivity contribution is 6.33. The fourth-order valence-electron chi connectivity index (χ4n) is 2.14. The smallest absolute Gasteiger partial charge is 0.253 e. The van der Waals surface area contributed by atoms with E-state index < -0.39 is 6.04 Å². The summed E-state index contributed by atoms with van der Waals surface area (Å²) in [6, 6.07) is 15.2. The summed E-state index contributed by atoms with van der Waals surface area (Å²) < 4.78 is 0. The molecule has 0 saturated heterocycles. The first-order chi connectivity index (χ1) is 11.0. The van der Waals surface area contributed by atoms with Gasteiger partial charge in [-0.1, -0.05) is 55.8 Å². The Morgan fingerprint density at radius 2 is 1.57 bits per heavy atom. The summed E-state index contributed by atoms with van der Waals surface area (Å²) in [6.45, 7) is 3.75. The normalized spacial score (nSPS) is 11.8. The lowest BCUT2D eigenvalue weighted by Gasteiger charge is -2.22. The fourth-order valence-corrected chi connectivity index (χ4v) is 2.36. The SMILES string of the molecule is CC(C)[C@H](NC(=O)c1ccccc1Cl)C(=O)Nc1ccccc1. The van der Waals surface area contributed by atoms with Crippen LogP contribution >= 0.6 is 11.6 Å². The molecule has 5 heteroatoms. The van der Waals surface area contributed by atoms with Crippen molar-refractivity contribution in [2.24, 2.45) is 5.92 Å². The standard InChI is InChI=1S/C18H19ClN2O2/c1-12(2)16(18(23)20-13-8-4-3-5-9-13)21-17(22)14-10-6-7-11-15(14)19/h3-12,16H,1-2H3,(H,20,23)(H,21,22)/t16-/m0/s1. The average Bonchev–Trinajstić information content (AvgIpc) is 2.53. The minimum Gasteiger partial charge on any atom is -0.340 e. The molecule has 4 nitrogen and oxygen atoms in total. The zero-order valence-corrected chi connectivity index (χ0v) is 13.8. The number of anilines is 1. The van der Waals surface area contributed by atoms with E-state index in [1.54, 1.807) is 36.4 Å². The minimum absolute atomic E-state index is 0.0647. The highest BCUT2D eigenvalue weighted by Gasteiger charge is 2.25. The lowest BCUT2D eigenvalue weighted by atomic mass is 10.0. The van der Waals surface area contributed by atoms with Crippen molar-refractivity contribution < 1.29 is 9.59 Å². The van der Waals surface area contributed by atoms with Crippen LogP contribution in [-0.4, -0.2) is 17.9 Å². The lowest BCUT2D eigenvalue weighted by Crippen LogP contribution is -2.47. The first kappa shape index (κ1) is 17.0. The summed E-state index contributed by atoms with van der Waals surface area (Å²) >= 11 is 6.03. The van der Waals surface area contributed by atoms with Crippen LogP contribution in [0, 0.1) is 5.92 Å². The monoisotopic (exact) mass is 330 g/mol. The summed E-state index contributed by atoms with van der Waals surface area (Å²) in [5.41, 5.74) is 1.04. The summed E-state index contributed by atoms with van der Waals surface area (Å²) in [5, 5.41) is 5.92. The zero-order valence-electron chi connectivity index (χ0n) is 13.0. The number of carbonyl (C=O) groups is 2. The number of rotatable bonds is 5. The molecule has 23 heavy (non-hydrogen) atoms. The molecule has 0 bridgehead atoms. The molecule has 120 valence electrons. The molecule has 2 rings (SSSR count). The Labute approximate surface area is 140 Å². The molecule has 2 amide bonds. The molecule has 0 unspecified atom stereocenters. The van der Waals surface area contributed by atoms with Gasteiger partial charge in [0.05, 0.1) is 10.6 Å². The highest BCUT2D eigenvalue weighted by Crippen LogP contribution is 2.16. The van der Waals surface area contributed by atoms with Crippen molar-refractivity contribution in [1.29, 1.82) is 0 Å². The molecule has 0 spiro atoms. The van der Waals surface area contributed by atoms with Gasteiger partial charge in [0.25, 0.3) is 5.91 Å². The number of amides is 2. The Bertz CT molecular complexity index is 686. The largest absolute Gasteiger partial charge is 0.340 e. The van der Waals surface area contributed by atoms with Crippen LogP contribution in [0.25, 0.3) is 0 Å². The van der Waals surface area contributed by atoms with E-state index in [1.165, 1.54) is 0 Å². The van der Waals surface area contributed by atoms with Crippen molar-refractivity contribution in [2.45, 2.75) is 19.9 Å². The van der Waals surface area contributed by atoms with Gasteiger partial charge in [-0.05, 0) is 30.2 Å². The summed E-state index contributed by atoms with van der Waals surface area (Å²) in [6.07, 6.45) is 0. The molecule has 0 aliphatic heterocycles. The van der Waals surface area contributed by atoms with E-state index in [0.29, 0.717) is 16.3 Å². The maximum absolute atomic E-state index is 12.4. The first-order valence-electron chi connectivity index (χ1n) is 7.40. The van der Waals surface area contributed by atoms with Gasteiger partial charge in [0.1, 0.15) is 6.04 Å². The van der Waals surface area contributed by atoms with Crippen LogP contribution in [0.15, 0.2) is 54.6 Å². The Hall–Kier alpha value is -2.33. The van der Waals surface area contributed by atoms with Crippen molar-refractivity contribution >= 4 is 29.1 Å². The van der Waals surface area contributed by atoms with E-state index in [2.05, 4.69) is 10.6 Å². The first-order valence-corrected chi connectivity index (χ1v) is 7.78. The van der Waals surface area contributed by atoms with E-state index in [4.69, 9.17) is 11.6 Å². The molecule has 2 aromatic rings. The van der Waals surface area contributed by atoms with Gasteiger partial charge < -0.3 is 10.6 Å². The van der Waals surface area contributed by atoms with Crippen LogP contribution in [0.5, 0.6) is 0 Å². The predicted octanol–water partition coefficient (Wildman–Crippen LogP) is 3.73. The second-order valence-corrected chi connectivity index (χ2v) is 5.94. The van der Waals surface area contributed by atoms with E-state index in [0.717, 1.165) is 0 Å². The van der Waals surface area contributed by atoms with Crippen LogP contribution in [-0.2, 0) is 4.79 Å². The number of nitrogens with one attached hydrogen (secondary N) is 2. The van der Waals surface area contributed by atoms with Crippen molar-refractivity contribution in [1.82, 2.24) is 5.32 Å². The summed E-state index contributed by atoms with van der Waals surface area (Å²) in [5.74, 6) is -0.686. The number of para-hydroxylation sites is 1. The Kier molecular flexibility index (Phi) is 5.77. The van der Waals surface area contributed by atoms with E-state index >= 15 is 0 Å². The number of carbonyl (C=O) groups excluding carboxylic acids is 2. The number of hydrogen-bond acceptors (Lipinski definition) is 2. The molecular formula is C18H19ClN2O2.